The summed E-state index contributed by atoms with van der Waals surface area (Å²) in [7, 11) is 0. The van der Waals surface area contributed by atoms with Gasteiger partial charge in [-0.3, -0.25) is 0 Å². The molecule has 0 aromatic rings. The van der Waals surface area contributed by atoms with Crippen molar-refractivity contribution in [3.05, 3.63) is 0 Å². The molecule has 0 saturated carbocycles. The minimum Gasteiger partial charge on any atom is -0.396 e. The highest BCUT2D eigenvalue weighted by molar-refractivity contribution is 4.79. The minimum atomic E-state index is 0.304. The first-order chi connectivity index (χ1) is 7.76. The Morgan fingerprint density at radius 1 is 1.50 bits per heavy atom. The van der Waals surface area contributed by atoms with Gasteiger partial charge >= 0.3 is 0 Å². The fourth-order valence-electron chi connectivity index (χ4n) is 2.44. The highest BCUT2D eigenvalue weighted by atomic mass is 16.5. The molecule has 0 aromatic carbocycles. The first-order valence-corrected chi connectivity index (χ1v) is 6.74. The van der Waals surface area contributed by atoms with Crippen LogP contribution >= 0.6 is 0 Å². The van der Waals surface area contributed by atoms with Gasteiger partial charge in [-0.05, 0) is 39.0 Å². The Hall–Kier alpha value is -0.120. The molecule has 2 N–H and O–H groups in total. The smallest absolute Gasteiger partial charge is 0.0589 e. The SMILES string of the molecule is CCCC1CC(NC(C)CCCO)CCO1. The summed E-state index contributed by atoms with van der Waals surface area (Å²) >= 11 is 0. The van der Waals surface area contributed by atoms with E-state index in [9.17, 15) is 0 Å². The van der Waals surface area contributed by atoms with E-state index in [2.05, 4.69) is 19.2 Å². The molecule has 1 rings (SSSR count). The summed E-state index contributed by atoms with van der Waals surface area (Å²) in [6.07, 6.45) is 7.09. The zero-order valence-corrected chi connectivity index (χ0v) is 10.7. The molecule has 0 radical (unpaired) electrons. The van der Waals surface area contributed by atoms with Crippen molar-refractivity contribution in [2.45, 2.75) is 70.6 Å². The number of ether oxygens (including phenoxy) is 1. The molecule has 1 aliphatic rings. The van der Waals surface area contributed by atoms with Crippen molar-refractivity contribution in [2.75, 3.05) is 13.2 Å². The van der Waals surface area contributed by atoms with Crippen molar-refractivity contribution in [1.82, 2.24) is 5.32 Å². The average molecular weight is 229 g/mol. The minimum absolute atomic E-state index is 0.304. The van der Waals surface area contributed by atoms with E-state index in [1.807, 2.05) is 0 Å². The molecule has 3 atom stereocenters. The summed E-state index contributed by atoms with van der Waals surface area (Å²) in [6, 6.07) is 1.12. The summed E-state index contributed by atoms with van der Waals surface area (Å²) in [6.45, 7) is 5.62. The molecule has 3 nitrogen and oxygen atoms in total. The summed E-state index contributed by atoms with van der Waals surface area (Å²) in [5, 5.41) is 12.4. The van der Waals surface area contributed by atoms with Gasteiger partial charge in [-0.15, -0.1) is 0 Å². The third-order valence-electron chi connectivity index (χ3n) is 3.29. The molecule has 1 heterocycles. The lowest BCUT2D eigenvalue weighted by atomic mass is 9.99. The number of aliphatic hydroxyl groups is 1. The van der Waals surface area contributed by atoms with Crippen LogP contribution in [0, 0.1) is 0 Å². The number of hydrogen-bond acceptors (Lipinski definition) is 3. The summed E-state index contributed by atoms with van der Waals surface area (Å²) in [5.74, 6) is 0. The zero-order valence-electron chi connectivity index (χ0n) is 10.7. The predicted molar refractivity (Wildman–Crippen MR) is 66.6 cm³/mol. The van der Waals surface area contributed by atoms with Crippen LogP contribution in [0.15, 0.2) is 0 Å². The number of nitrogens with one attached hydrogen (secondary N) is 1. The van der Waals surface area contributed by atoms with Crippen LogP contribution in [0.2, 0.25) is 0 Å². The Labute approximate surface area is 99.6 Å². The van der Waals surface area contributed by atoms with Gasteiger partial charge < -0.3 is 15.2 Å². The molecular weight excluding hydrogens is 202 g/mol. The van der Waals surface area contributed by atoms with Crippen molar-refractivity contribution in [3.63, 3.8) is 0 Å². The van der Waals surface area contributed by atoms with Crippen LogP contribution in [0.4, 0.5) is 0 Å². The summed E-state index contributed by atoms with van der Waals surface area (Å²) in [4.78, 5) is 0. The molecule has 1 saturated heterocycles. The molecular formula is C13H27NO2. The standard InChI is InChI=1S/C13H27NO2/c1-3-5-13-10-12(7-9-16-13)14-11(2)6-4-8-15/h11-15H,3-10H2,1-2H3. The molecule has 96 valence electrons. The largest absolute Gasteiger partial charge is 0.396 e. The van der Waals surface area contributed by atoms with Crippen LogP contribution in [0.5, 0.6) is 0 Å². The Morgan fingerprint density at radius 2 is 2.31 bits per heavy atom. The molecule has 0 amide bonds. The quantitative estimate of drug-likeness (QED) is 0.702. The van der Waals surface area contributed by atoms with E-state index in [1.54, 1.807) is 0 Å². The molecule has 3 unspecified atom stereocenters. The van der Waals surface area contributed by atoms with Crippen LogP contribution in [0.1, 0.15) is 52.4 Å². The van der Waals surface area contributed by atoms with Crippen LogP contribution in [0.3, 0.4) is 0 Å². The molecule has 1 fully saturated rings. The maximum atomic E-state index is 8.79. The third kappa shape index (κ3) is 5.28. The lowest BCUT2D eigenvalue weighted by molar-refractivity contribution is -0.00491. The topological polar surface area (TPSA) is 41.5 Å². The molecule has 0 aromatic heterocycles. The lowest BCUT2D eigenvalue weighted by Crippen LogP contribution is -2.43. The van der Waals surface area contributed by atoms with Crippen LogP contribution < -0.4 is 5.32 Å². The van der Waals surface area contributed by atoms with Crippen LogP contribution in [0.25, 0.3) is 0 Å². The van der Waals surface area contributed by atoms with Gasteiger partial charge in [0.05, 0.1) is 6.10 Å². The molecule has 16 heavy (non-hydrogen) atoms. The lowest BCUT2D eigenvalue weighted by Gasteiger charge is -2.32. The maximum Gasteiger partial charge on any atom is 0.0589 e. The van der Waals surface area contributed by atoms with Crippen molar-refractivity contribution in [1.29, 1.82) is 0 Å². The van der Waals surface area contributed by atoms with Crippen molar-refractivity contribution in [2.24, 2.45) is 0 Å². The van der Waals surface area contributed by atoms with Crippen LogP contribution in [-0.4, -0.2) is 36.5 Å². The normalized spacial score (nSPS) is 27.9. The van der Waals surface area contributed by atoms with E-state index in [0.717, 1.165) is 32.3 Å². The Morgan fingerprint density at radius 3 is 3.00 bits per heavy atom. The maximum absolute atomic E-state index is 8.79. The van der Waals surface area contributed by atoms with E-state index in [4.69, 9.17) is 9.84 Å². The van der Waals surface area contributed by atoms with Crippen LogP contribution in [-0.2, 0) is 4.74 Å². The monoisotopic (exact) mass is 229 g/mol. The first-order valence-electron chi connectivity index (χ1n) is 6.74. The van der Waals surface area contributed by atoms with Crippen molar-refractivity contribution >= 4 is 0 Å². The summed E-state index contributed by atoms with van der Waals surface area (Å²) < 4.78 is 5.73. The van der Waals surface area contributed by atoms with Crippen molar-refractivity contribution < 1.29 is 9.84 Å². The third-order valence-corrected chi connectivity index (χ3v) is 3.29. The molecule has 0 bridgehead atoms. The van der Waals surface area contributed by atoms with E-state index in [0.29, 0.717) is 24.8 Å². The van der Waals surface area contributed by atoms with Gasteiger partial charge in [0.25, 0.3) is 0 Å². The number of rotatable bonds is 7. The van der Waals surface area contributed by atoms with Gasteiger partial charge in [0.1, 0.15) is 0 Å². The number of aliphatic hydroxyl groups excluding tert-OH is 1. The van der Waals surface area contributed by atoms with E-state index < -0.39 is 0 Å². The second kappa shape index (κ2) is 8.04. The van der Waals surface area contributed by atoms with E-state index in [-0.39, 0.29) is 0 Å². The fraction of sp³-hybridized carbons (Fsp3) is 1.00. The van der Waals surface area contributed by atoms with Gasteiger partial charge in [0.2, 0.25) is 0 Å². The van der Waals surface area contributed by atoms with Crippen molar-refractivity contribution in [3.8, 4) is 0 Å². The second-order valence-electron chi connectivity index (χ2n) is 4.94. The average Bonchev–Trinajstić information content (AvgIpc) is 2.27. The van der Waals surface area contributed by atoms with E-state index >= 15 is 0 Å². The van der Waals surface area contributed by atoms with E-state index in [1.165, 1.54) is 12.8 Å². The van der Waals surface area contributed by atoms with Gasteiger partial charge in [0, 0.05) is 25.3 Å². The number of hydrogen-bond donors (Lipinski definition) is 2. The highest BCUT2D eigenvalue weighted by Gasteiger charge is 2.22. The fourth-order valence-corrected chi connectivity index (χ4v) is 2.44. The Balaban J connectivity index is 2.20. The first kappa shape index (κ1) is 13.9. The Kier molecular flexibility index (Phi) is 7.01. The Bertz CT molecular complexity index is 173. The molecule has 1 aliphatic heterocycles. The van der Waals surface area contributed by atoms with Gasteiger partial charge in [-0.2, -0.15) is 0 Å². The molecule has 3 heteroatoms. The second-order valence-corrected chi connectivity index (χ2v) is 4.94. The molecule has 0 spiro atoms. The molecule has 0 aliphatic carbocycles. The predicted octanol–water partition coefficient (Wildman–Crippen LogP) is 2.08. The van der Waals surface area contributed by atoms with Gasteiger partial charge in [-0.1, -0.05) is 13.3 Å². The van der Waals surface area contributed by atoms with Gasteiger partial charge in [-0.25, -0.2) is 0 Å². The zero-order chi connectivity index (χ0) is 11.8. The summed E-state index contributed by atoms with van der Waals surface area (Å²) in [5.41, 5.74) is 0. The highest BCUT2D eigenvalue weighted by Crippen LogP contribution is 2.18. The van der Waals surface area contributed by atoms with Gasteiger partial charge in [0.15, 0.2) is 0 Å².